The van der Waals surface area contributed by atoms with Gasteiger partial charge in [0.25, 0.3) is 5.91 Å². The molecule has 0 unspecified atom stereocenters. The highest BCUT2D eigenvalue weighted by atomic mass is 16.1. The molecule has 0 aliphatic carbocycles. The summed E-state index contributed by atoms with van der Waals surface area (Å²) in [6.07, 6.45) is 4.06. The van der Waals surface area contributed by atoms with E-state index in [1.54, 1.807) is 24.5 Å². The number of nitrogens with one attached hydrogen (secondary N) is 1. The maximum atomic E-state index is 12.1. The highest BCUT2D eigenvalue weighted by Crippen LogP contribution is 2.13. The third-order valence-corrected chi connectivity index (χ3v) is 2.81. The molecule has 3 N–H and O–H groups in total. The second-order valence-electron chi connectivity index (χ2n) is 5.55. The summed E-state index contributed by atoms with van der Waals surface area (Å²) in [4.78, 5) is 16.0. The fourth-order valence-electron chi connectivity index (χ4n) is 1.94. The normalized spacial score (nSPS) is 11.2. The van der Waals surface area contributed by atoms with E-state index in [2.05, 4.69) is 10.3 Å². The average molecular weight is 269 g/mol. The van der Waals surface area contributed by atoms with Gasteiger partial charge in [0.15, 0.2) is 0 Å². The molecule has 0 saturated carbocycles. The van der Waals surface area contributed by atoms with E-state index < -0.39 is 0 Å². The predicted molar refractivity (Wildman–Crippen MR) is 80.6 cm³/mol. The third kappa shape index (κ3) is 4.17. The molecule has 0 fully saturated rings. The van der Waals surface area contributed by atoms with Gasteiger partial charge in [0.1, 0.15) is 0 Å². The zero-order valence-electron chi connectivity index (χ0n) is 11.8. The molecule has 0 radical (unpaired) electrons. The summed E-state index contributed by atoms with van der Waals surface area (Å²) in [7, 11) is 0. The minimum absolute atomic E-state index is 0.130. The maximum absolute atomic E-state index is 12.1. The van der Waals surface area contributed by atoms with Gasteiger partial charge in [-0.05, 0) is 50.1 Å². The number of hydrogen-bond donors (Lipinski definition) is 2. The Balaban J connectivity index is 2.04. The summed E-state index contributed by atoms with van der Waals surface area (Å²) in [5.74, 6) is -0.130. The molecule has 4 nitrogen and oxygen atoms in total. The van der Waals surface area contributed by atoms with E-state index in [1.807, 2.05) is 38.1 Å². The van der Waals surface area contributed by atoms with Crippen molar-refractivity contribution in [2.75, 3.05) is 5.32 Å². The Kier molecular flexibility index (Phi) is 4.15. The van der Waals surface area contributed by atoms with Crippen molar-refractivity contribution in [3.05, 3.63) is 59.9 Å². The molecule has 0 bridgehead atoms. The smallest absolute Gasteiger partial charge is 0.255 e. The van der Waals surface area contributed by atoms with Crippen molar-refractivity contribution in [3.8, 4) is 0 Å². The third-order valence-electron chi connectivity index (χ3n) is 2.81. The maximum Gasteiger partial charge on any atom is 0.255 e. The van der Waals surface area contributed by atoms with E-state index in [1.165, 1.54) is 0 Å². The molecule has 1 aromatic carbocycles. The van der Waals surface area contributed by atoms with Gasteiger partial charge in [-0.15, -0.1) is 0 Å². The lowest BCUT2D eigenvalue weighted by Crippen LogP contribution is -2.34. The summed E-state index contributed by atoms with van der Waals surface area (Å²) in [5.41, 5.74) is 8.22. The summed E-state index contributed by atoms with van der Waals surface area (Å²) < 4.78 is 0. The van der Waals surface area contributed by atoms with Crippen molar-refractivity contribution in [1.82, 2.24) is 4.98 Å². The van der Waals surface area contributed by atoms with Crippen LogP contribution in [0.5, 0.6) is 0 Å². The van der Waals surface area contributed by atoms with Crippen LogP contribution < -0.4 is 11.1 Å². The van der Waals surface area contributed by atoms with Gasteiger partial charge in [-0.25, -0.2) is 0 Å². The van der Waals surface area contributed by atoms with E-state index in [0.717, 1.165) is 17.7 Å². The van der Waals surface area contributed by atoms with E-state index in [4.69, 9.17) is 5.73 Å². The number of rotatable bonds is 4. The van der Waals surface area contributed by atoms with Crippen molar-refractivity contribution in [1.29, 1.82) is 0 Å². The molecule has 0 saturated heterocycles. The lowest BCUT2D eigenvalue weighted by Gasteiger charge is -2.18. The Morgan fingerprint density at radius 3 is 2.30 bits per heavy atom. The van der Waals surface area contributed by atoms with Crippen LogP contribution >= 0.6 is 0 Å². The lowest BCUT2D eigenvalue weighted by atomic mass is 9.95. The molecule has 104 valence electrons. The molecule has 0 aliphatic rings. The minimum Gasteiger partial charge on any atom is -0.325 e. The van der Waals surface area contributed by atoms with Crippen molar-refractivity contribution < 1.29 is 4.79 Å². The first-order valence-electron chi connectivity index (χ1n) is 6.53. The van der Waals surface area contributed by atoms with Crippen molar-refractivity contribution in [2.24, 2.45) is 5.73 Å². The Labute approximate surface area is 119 Å². The van der Waals surface area contributed by atoms with Crippen LogP contribution in [0.2, 0.25) is 0 Å². The van der Waals surface area contributed by atoms with Crippen LogP contribution in [0.3, 0.4) is 0 Å². The molecule has 1 aromatic heterocycles. The number of amides is 1. The molecule has 1 amide bonds. The van der Waals surface area contributed by atoms with Crippen LogP contribution in [0.25, 0.3) is 0 Å². The SMILES string of the molecule is CC(C)(N)Cc1ccc(C(=O)Nc2ccncc2)cc1. The van der Waals surface area contributed by atoms with Gasteiger partial charge in [0.05, 0.1) is 0 Å². The van der Waals surface area contributed by atoms with Gasteiger partial charge in [-0.2, -0.15) is 0 Å². The van der Waals surface area contributed by atoms with Crippen molar-refractivity contribution in [3.63, 3.8) is 0 Å². The Morgan fingerprint density at radius 1 is 1.15 bits per heavy atom. The Hall–Kier alpha value is -2.20. The van der Waals surface area contributed by atoms with Gasteiger partial charge in [-0.1, -0.05) is 12.1 Å². The largest absolute Gasteiger partial charge is 0.325 e. The highest BCUT2D eigenvalue weighted by molar-refractivity contribution is 6.04. The van der Waals surface area contributed by atoms with Gasteiger partial charge in [-0.3, -0.25) is 9.78 Å². The first kappa shape index (κ1) is 14.2. The molecular weight excluding hydrogens is 250 g/mol. The lowest BCUT2D eigenvalue weighted by molar-refractivity contribution is 0.102. The van der Waals surface area contributed by atoms with E-state index in [-0.39, 0.29) is 11.4 Å². The number of nitrogens with zero attached hydrogens (tertiary/aromatic N) is 1. The van der Waals surface area contributed by atoms with E-state index in [0.29, 0.717) is 5.56 Å². The van der Waals surface area contributed by atoms with Crippen LogP contribution in [0.4, 0.5) is 5.69 Å². The number of pyridine rings is 1. The van der Waals surface area contributed by atoms with Crippen LogP contribution in [-0.2, 0) is 6.42 Å². The fourth-order valence-corrected chi connectivity index (χ4v) is 1.94. The molecule has 0 aliphatic heterocycles. The number of nitrogens with two attached hydrogens (primary N) is 1. The molecule has 20 heavy (non-hydrogen) atoms. The zero-order chi connectivity index (χ0) is 14.6. The average Bonchev–Trinajstić information content (AvgIpc) is 2.39. The monoisotopic (exact) mass is 269 g/mol. The highest BCUT2D eigenvalue weighted by Gasteiger charge is 2.12. The molecule has 1 heterocycles. The summed E-state index contributed by atoms with van der Waals surface area (Å²) >= 11 is 0. The molecular formula is C16H19N3O. The van der Waals surface area contributed by atoms with Gasteiger partial charge >= 0.3 is 0 Å². The van der Waals surface area contributed by atoms with Crippen LogP contribution in [0.15, 0.2) is 48.8 Å². The van der Waals surface area contributed by atoms with Gasteiger partial charge < -0.3 is 11.1 Å². The summed E-state index contributed by atoms with van der Waals surface area (Å²) in [6.45, 7) is 3.97. The fraction of sp³-hybridized carbons (Fsp3) is 0.250. The zero-order valence-corrected chi connectivity index (χ0v) is 11.8. The number of anilines is 1. The predicted octanol–water partition coefficient (Wildman–Crippen LogP) is 2.61. The van der Waals surface area contributed by atoms with Crippen molar-refractivity contribution in [2.45, 2.75) is 25.8 Å². The number of benzene rings is 1. The van der Waals surface area contributed by atoms with Crippen LogP contribution in [-0.4, -0.2) is 16.4 Å². The number of carbonyl (C=O) groups is 1. The van der Waals surface area contributed by atoms with Crippen LogP contribution in [0, 0.1) is 0 Å². The minimum atomic E-state index is -0.249. The summed E-state index contributed by atoms with van der Waals surface area (Å²) in [6, 6.07) is 11.0. The van der Waals surface area contributed by atoms with Gasteiger partial charge in [0.2, 0.25) is 0 Å². The Bertz CT molecular complexity index is 571. The second kappa shape index (κ2) is 5.84. The second-order valence-corrected chi connectivity index (χ2v) is 5.55. The molecule has 0 spiro atoms. The van der Waals surface area contributed by atoms with Crippen LogP contribution in [0.1, 0.15) is 29.8 Å². The molecule has 0 atom stereocenters. The topological polar surface area (TPSA) is 68.0 Å². The number of carbonyl (C=O) groups excluding carboxylic acids is 1. The molecule has 2 aromatic rings. The van der Waals surface area contributed by atoms with Gasteiger partial charge in [0, 0.05) is 29.2 Å². The van der Waals surface area contributed by atoms with E-state index >= 15 is 0 Å². The summed E-state index contributed by atoms with van der Waals surface area (Å²) in [5, 5.41) is 2.82. The number of hydrogen-bond acceptors (Lipinski definition) is 3. The molecule has 2 rings (SSSR count). The van der Waals surface area contributed by atoms with Crippen molar-refractivity contribution >= 4 is 11.6 Å². The Morgan fingerprint density at radius 2 is 1.75 bits per heavy atom. The van der Waals surface area contributed by atoms with E-state index in [9.17, 15) is 4.79 Å². The molecule has 4 heteroatoms. The standard InChI is InChI=1S/C16H19N3O/c1-16(2,17)11-12-3-5-13(6-4-12)15(20)19-14-7-9-18-10-8-14/h3-10H,11,17H2,1-2H3,(H,18,19,20). The number of aromatic nitrogens is 1. The first-order chi connectivity index (χ1) is 9.44. The quantitative estimate of drug-likeness (QED) is 0.896. The first-order valence-corrected chi connectivity index (χ1v) is 6.53.